The van der Waals surface area contributed by atoms with Crippen molar-refractivity contribution in [1.82, 2.24) is 40.4 Å². The summed E-state index contributed by atoms with van der Waals surface area (Å²) in [7, 11) is 1.53. The summed E-state index contributed by atoms with van der Waals surface area (Å²) in [6.45, 7) is 21.3. The Labute approximate surface area is 363 Å². The number of imide groups is 1. The number of methoxy groups -OCH3 is 1. The summed E-state index contributed by atoms with van der Waals surface area (Å²) in [5.74, 6) is 0. The van der Waals surface area contributed by atoms with Gasteiger partial charge in [0.05, 0.1) is 6.61 Å². The zero-order valence-corrected chi connectivity index (χ0v) is 37.6. The monoisotopic (exact) mass is 865 g/mol. The maximum Gasteiger partial charge on any atom is 0.408 e. The number of aliphatic hydroxyl groups is 1. The average Bonchev–Trinajstić information content (AvgIpc) is 4.12. The first kappa shape index (κ1) is 51.2. The van der Waals surface area contributed by atoms with E-state index in [0.717, 1.165) is 51.6 Å². The van der Waals surface area contributed by atoms with Gasteiger partial charge in [0, 0.05) is 84.6 Å². The van der Waals surface area contributed by atoms with Gasteiger partial charge in [0.1, 0.15) is 17.8 Å². The molecule has 3 fully saturated rings. The molecule has 6 unspecified atom stereocenters. The predicted octanol–water partition coefficient (Wildman–Crippen LogP) is 5.23. The highest BCUT2D eigenvalue weighted by molar-refractivity contribution is 5.96. The van der Waals surface area contributed by atoms with E-state index in [0.29, 0.717) is 89.9 Å². The first-order chi connectivity index (χ1) is 29.2. The maximum absolute atomic E-state index is 13.6. The molecule has 0 aromatic rings. The van der Waals surface area contributed by atoms with Crippen LogP contribution >= 0.6 is 0 Å². The molecule has 3 aliphatic rings. The Kier molecular flexibility index (Phi) is 22.1. The molecule has 3 aliphatic heterocycles. The molecule has 3 heterocycles. The fourth-order valence-corrected chi connectivity index (χ4v) is 7.09. The molecular formula is C43H76N8O10. The average molecular weight is 865 g/mol. The minimum Gasteiger partial charge on any atom is -0.447 e. The van der Waals surface area contributed by atoms with Crippen molar-refractivity contribution in [2.75, 3.05) is 85.8 Å². The molecule has 18 heteroatoms. The highest BCUT2D eigenvalue weighted by Crippen LogP contribution is 2.25. The third kappa shape index (κ3) is 18.8. The van der Waals surface area contributed by atoms with Gasteiger partial charge in [-0.15, -0.1) is 0 Å². The summed E-state index contributed by atoms with van der Waals surface area (Å²) >= 11 is 0. The van der Waals surface area contributed by atoms with Gasteiger partial charge in [0.25, 0.3) is 0 Å². The van der Waals surface area contributed by atoms with Crippen molar-refractivity contribution in [2.24, 2.45) is 0 Å². The van der Waals surface area contributed by atoms with E-state index in [1.165, 1.54) is 21.8 Å². The number of urea groups is 2. The van der Waals surface area contributed by atoms with E-state index in [1.807, 2.05) is 13.8 Å². The molecule has 3 rings (SSSR count). The molecule has 61 heavy (non-hydrogen) atoms. The second-order valence-electron chi connectivity index (χ2n) is 17.0. The van der Waals surface area contributed by atoms with Crippen LogP contribution in [0.5, 0.6) is 0 Å². The highest BCUT2D eigenvalue weighted by atomic mass is 16.6. The molecule has 0 aromatic heterocycles. The molecule has 3 saturated heterocycles. The standard InChI is InChI=1S/C43H76N8O10/c1-8-42(5,32-47-30-34(47)3)60-37(53)45-23-17-11-14-20-26-50-39(55)49(25-19-13-10-16-22-44-36(52)59-29-28-58-7)40(56)51(41(50)57)27-21-15-12-18-24-46-38(54)61-43(6,9-2)33-48-31-35(48)4/h8-9,34-35,41,57H,1-2,10-33H2,3-7H3,(H,44,52)(H,45,53)(H,46,54). The van der Waals surface area contributed by atoms with Gasteiger partial charge < -0.3 is 40.0 Å². The van der Waals surface area contributed by atoms with Gasteiger partial charge in [-0.05, 0) is 78.4 Å². The van der Waals surface area contributed by atoms with Crippen molar-refractivity contribution in [3.8, 4) is 0 Å². The summed E-state index contributed by atoms with van der Waals surface area (Å²) in [5.41, 5.74) is -1.54. The lowest BCUT2D eigenvalue weighted by Crippen LogP contribution is -2.66. The molecule has 0 radical (unpaired) electrons. The molecule has 0 aromatic carbocycles. The minimum atomic E-state index is -1.39. The van der Waals surface area contributed by atoms with Crippen LogP contribution in [0, 0.1) is 0 Å². The number of amides is 7. The Hall–Kier alpha value is -4.13. The number of rotatable bonds is 32. The van der Waals surface area contributed by atoms with Crippen molar-refractivity contribution in [3.05, 3.63) is 25.3 Å². The van der Waals surface area contributed by atoms with Crippen LogP contribution in [-0.4, -0.2) is 175 Å². The molecule has 0 aliphatic carbocycles. The van der Waals surface area contributed by atoms with Crippen LogP contribution in [0.25, 0.3) is 0 Å². The lowest BCUT2D eigenvalue weighted by molar-refractivity contribution is -0.0938. The van der Waals surface area contributed by atoms with E-state index >= 15 is 0 Å². The van der Waals surface area contributed by atoms with Crippen LogP contribution in [0.15, 0.2) is 25.3 Å². The van der Waals surface area contributed by atoms with Gasteiger partial charge in [-0.1, -0.05) is 51.7 Å². The Bertz CT molecular complexity index is 1340. The van der Waals surface area contributed by atoms with Crippen LogP contribution < -0.4 is 16.0 Å². The van der Waals surface area contributed by atoms with Gasteiger partial charge >= 0.3 is 30.3 Å². The molecule has 6 atom stereocenters. The van der Waals surface area contributed by atoms with Crippen LogP contribution in [0.4, 0.5) is 24.0 Å². The van der Waals surface area contributed by atoms with E-state index in [2.05, 4.69) is 52.8 Å². The van der Waals surface area contributed by atoms with Crippen molar-refractivity contribution in [2.45, 2.75) is 134 Å². The van der Waals surface area contributed by atoms with Gasteiger partial charge in [-0.3, -0.25) is 19.6 Å². The third-order valence-electron chi connectivity index (χ3n) is 11.3. The summed E-state index contributed by atoms with van der Waals surface area (Å²) in [5, 5.41) is 19.7. The fourth-order valence-electron chi connectivity index (χ4n) is 7.09. The van der Waals surface area contributed by atoms with Gasteiger partial charge in [0.15, 0.2) is 0 Å². The van der Waals surface area contributed by atoms with E-state index in [-0.39, 0.29) is 26.2 Å². The number of nitrogens with zero attached hydrogens (tertiary/aromatic N) is 5. The van der Waals surface area contributed by atoms with Crippen LogP contribution in [0.1, 0.15) is 105 Å². The SMILES string of the molecule is C=CC(C)(CN1CC1C)OC(=O)NCCCCCCN1C(=O)N(CCCCCCNC(=O)OCCOC)C(=O)N(CCCCCCNC(=O)OC(C)(C=C)CN2CC2C)C1O. The number of carbonyl (C=O) groups excluding carboxylic acids is 5. The molecule has 0 saturated carbocycles. The van der Waals surface area contributed by atoms with E-state index in [4.69, 9.17) is 18.9 Å². The maximum atomic E-state index is 13.6. The van der Waals surface area contributed by atoms with Crippen LogP contribution in [0.2, 0.25) is 0 Å². The van der Waals surface area contributed by atoms with Gasteiger partial charge in [-0.25, -0.2) is 28.9 Å². The largest absolute Gasteiger partial charge is 0.447 e. The Balaban J connectivity index is 1.42. The number of unbranched alkanes of at least 4 members (excludes halogenated alkanes) is 9. The minimum absolute atomic E-state index is 0.179. The summed E-state index contributed by atoms with van der Waals surface area (Å²) in [4.78, 5) is 72.3. The van der Waals surface area contributed by atoms with Crippen LogP contribution in [0.3, 0.4) is 0 Å². The predicted molar refractivity (Wildman–Crippen MR) is 232 cm³/mol. The zero-order chi connectivity index (χ0) is 44.8. The summed E-state index contributed by atoms with van der Waals surface area (Å²) in [6, 6.07) is -0.0664. The quantitative estimate of drug-likeness (QED) is 0.0299. The number of aliphatic hydroxyl groups excluding tert-OH is 1. The molecular weight excluding hydrogens is 789 g/mol. The van der Waals surface area contributed by atoms with Crippen molar-refractivity contribution < 1.29 is 48.0 Å². The lowest BCUT2D eigenvalue weighted by atomic mass is 10.1. The van der Waals surface area contributed by atoms with Gasteiger partial charge in [-0.2, -0.15) is 0 Å². The van der Waals surface area contributed by atoms with Crippen molar-refractivity contribution in [1.29, 1.82) is 0 Å². The number of ether oxygens (including phenoxy) is 4. The summed E-state index contributed by atoms with van der Waals surface area (Å²) in [6.07, 6.45) is 8.95. The second-order valence-corrected chi connectivity index (χ2v) is 17.0. The van der Waals surface area contributed by atoms with Crippen molar-refractivity contribution in [3.63, 3.8) is 0 Å². The number of hydrogen-bond donors (Lipinski definition) is 4. The third-order valence-corrected chi connectivity index (χ3v) is 11.3. The summed E-state index contributed by atoms with van der Waals surface area (Å²) < 4.78 is 21.2. The number of alkyl carbamates (subject to hydrolysis) is 3. The molecule has 7 amide bonds. The molecule has 18 nitrogen and oxygen atoms in total. The number of nitrogens with one attached hydrogen (secondary N) is 3. The Morgan fingerprint density at radius 3 is 1.41 bits per heavy atom. The van der Waals surface area contributed by atoms with E-state index in [1.54, 1.807) is 12.2 Å². The fraction of sp³-hybridized carbons (Fsp3) is 0.791. The van der Waals surface area contributed by atoms with Gasteiger partial charge in [0.2, 0.25) is 6.35 Å². The molecule has 0 spiro atoms. The smallest absolute Gasteiger partial charge is 0.408 e. The molecule has 348 valence electrons. The first-order valence-corrected chi connectivity index (χ1v) is 22.3. The number of hydrogen-bond acceptors (Lipinski definition) is 12. The van der Waals surface area contributed by atoms with E-state index in [9.17, 15) is 29.1 Å². The highest BCUT2D eigenvalue weighted by Gasteiger charge is 2.43. The topological polar surface area (TPSA) is 194 Å². The Morgan fingerprint density at radius 2 is 1.03 bits per heavy atom. The zero-order valence-electron chi connectivity index (χ0n) is 37.6. The Morgan fingerprint density at radius 1 is 0.656 bits per heavy atom. The normalized spacial score (nSPS) is 22.7. The lowest BCUT2D eigenvalue weighted by Gasteiger charge is -2.44. The molecule has 0 bridgehead atoms. The second kappa shape index (κ2) is 26.4. The molecule has 4 N–H and O–H groups in total. The first-order valence-electron chi connectivity index (χ1n) is 22.3. The number of carbonyl (C=O) groups is 5. The van der Waals surface area contributed by atoms with Crippen LogP contribution in [-0.2, 0) is 18.9 Å². The van der Waals surface area contributed by atoms with Crippen molar-refractivity contribution >= 4 is 30.3 Å². The van der Waals surface area contributed by atoms with E-state index < -0.39 is 47.9 Å².